The van der Waals surface area contributed by atoms with Crippen LogP contribution in [0.3, 0.4) is 0 Å². The van der Waals surface area contributed by atoms with Crippen LogP contribution in [0.1, 0.15) is 5.56 Å². The Morgan fingerprint density at radius 2 is 1.96 bits per heavy atom. The second-order valence-corrected chi connectivity index (χ2v) is 8.54. The van der Waals surface area contributed by atoms with Crippen LogP contribution in [0.5, 0.6) is 0 Å². The van der Waals surface area contributed by atoms with Gasteiger partial charge in [0.15, 0.2) is 9.84 Å². The summed E-state index contributed by atoms with van der Waals surface area (Å²) in [6, 6.07) is 12.2. The van der Waals surface area contributed by atoms with Crippen LogP contribution >= 0.6 is 0 Å². The summed E-state index contributed by atoms with van der Waals surface area (Å²) in [4.78, 5) is 8.26. The molecule has 0 aliphatic heterocycles. The smallest absolute Gasteiger partial charge is 0.151 e. The lowest BCUT2D eigenvalue weighted by molar-refractivity contribution is 0.601. The highest BCUT2D eigenvalue weighted by atomic mass is 32.2. The van der Waals surface area contributed by atoms with E-state index in [1.807, 2.05) is 18.2 Å². The Kier molecular flexibility index (Phi) is 4.56. The van der Waals surface area contributed by atoms with Gasteiger partial charge in [-0.05, 0) is 18.2 Å². The first-order valence-corrected chi connectivity index (χ1v) is 10.5. The van der Waals surface area contributed by atoms with Gasteiger partial charge in [0.2, 0.25) is 0 Å². The van der Waals surface area contributed by atoms with Crippen LogP contribution in [0.2, 0.25) is 0 Å². The molecular weight excluding hydrogens is 381 g/mol. The van der Waals surface area contributed by atoms with Crippen LogP contribution < -0.4 is 5.32 Å². The predicted octanol–water partition coefficient (Wildman–Crippen LogP) is 4.32. The molecule has 3 aromatic heterocycles. The number of anilines is 2. The third-order valence-electron chi connectivity index (χ3n) is 4.18. The summed E-state index contributed by atoms with van der Waals surface area (Å²) >= 11 is 0. The van der Waals surface area contributed by atoms with Gasteiger partial charge in [0.05, 0.1) is 18.2 Å². The molecule has 4 rings (SSSR count). The Hall–Kier alpha value is -3.26. The molecule has 0 saturated heterocycles. The summed E-state index contributed by atoms with van der Waals surface area (Å²) in [6.07, 6.45) is 5.36. The lowest BCUT2D eigenvalue weighted by atomic mass is 10.0. The number of nitrogens with zero attached hydrogens (tertiary/aromatic N) is 2. The van der Waals surface area contributed by atoms with Crippen molar-refractivity contribution >= 4 is 32.4 Å². The molecule has 28 heavy (non-hydrogen) atoms. The van der Waals surface area contributed by atoms with E-state index in [2.05, 4.69) is 15.3 Å². The van der Waals surface area contributed by atoms with Gasteiger partial charge in [0, 0.05) is 34.5 Å². The molecule has 0 saturated carbocycles. The van der Waals surface area contributed by atoms with Gasteiger partial charge in [0.1, 0.15) is 23.0 Å². The third-order valence-corrected chi connectivity index (χ3v) is 5.02. The number of hydrogen-bond acceptors (Lipinski definition) is 6. The van der Waals surface area contributed by atoms with Crippen LogP contribution in [-0.4, -0.2) is 24.6 Å². The number of para-hydroxylation sites is 1. The molecule has 142 valence electrons. The van der Waals surface area contributed by atoms with Gasteiger partial charge in [-0.1, -0.05) is 24.3 Å². The SMILES string of the molecule is CS(=O)(=O)Cc1cccnc1Nc1cc(-c2cccc3ccoc23)c(F)cn1. The van der Waals surface area contributed by atoms with Gasteiger partial charge in [-0.2, -0.15) is 0 Å². The fourth-order valence-electron chi connectivity index (χ4n) is 2.99. The van der Waals surface area contributed by atoms with Crippen LogP contribution in [-0.2, 0) is 15.6 Å². The van der Waals surface area contributed by atoms with Crippen molar-refractivity contribution in [3.8, 4) is 11.1 Å². The van der Waals surface area contributed by atoms with E-state index < -0.39 is 15.7 Å². The summed E-state index contributed by atoms with van der Waals surface area (Å²) in [6.45, 7) is 0. The summed E-state index contributed by atoms with van der Waals surface area (Å²) in [5, 5.41) is 3.85. The average molecular weight is 397 g/mol. The number of rotatable bonds is 5. The van der Waals surface area contributed by atoms with Crippen LogP contribution in [0.4, 0.5) is 16.0 Å². The molecular formula is C20H16FN3O3S. The number of pyridine rings is 2. The second kappa shape index (κ2) is 7.05. The van der Waals surface area contributed by atoms with E-state index in [0.29, 0.717) is 33.9 Å². The van der Waals surface area contributed by atoms with E-state index in [1.54, 1.807) is 36.7 Å². The molecule has 3 heterocycles. The highest BCUT2D eigenvalue weighted by Crippen LogP contribution is 2.32. The highest BCUT2D eigenvalue weighted by molar-refractivity contribution is 7.89. The maximum absolute atomic E-state index is 14.5. The van der Waals surface area contributed by atoms with Gasteiger partial charge in [-0.3, -0.25) is 0 Å². The molecule has 0 aliphatic rings. The van der Waals surface area contributed by atoms with Crippen molar-refractivity contribution < 1.29 is 17.2 Å². The molecule has 0 aliphatic carbocycles. The Bertz CT molecular complexity index is 1270. The van der Waals surface area contributed by atoms with E-state index >= 15 is 0 Å². The fourth-order valence-corrected chi connectivity index (χ4v) is 3.79. The van der Waals surface area contributed by atoms with Crippen molar-refractivity contribution in [2.75, 3.05) is 11.6 Å². The maximum Gasteiger partial charge on any atom is 0.151 e. The minimum absolute atomic E-state index is 0.164. The molecule has 1 aromatic carbocycles. The van der Waals surface area contributed by atoms with Crippen LogP contribution in [0, 0.1) is 5.82 Å². The Balaban J connectivity index is 1.74. The number of hydrogen-bond donors (Lipinski definition) is 1. The Morgan fingerprint density at radius 3 is 2.79 bits per heavy atom. The standard InChI is InChI=1S/C20H16FN3O3S/c1-28(25,26)12-14-5-3-8-22-20(14)24-18-10-16(17(21)11-23-18)15-6-2-4-13-7-9-27-19(13)15/h2-11H,12H2,1H3,(H,22,23,24). The monoisotopic (exact) mass is 397 g/mol. The van der Waals surface area contributed by atoms with Crippen molar-refractivity contribution in [1.82, 2.24) is 9.97 Å². The van der Waals surface area contributed by atoms with Crippen molar-refractivity contribution in [3.05, 3.63) is 72.5 Å². The number of aromatic nitrogens is 2. The molecule has 0 bridgehead atoms. The number of nitrogens with one attached hydrogen (secondary N) is 1. The lowest BCUT2D eigenvalue weighted by Crippen LogP contribution is -2.06. The minimum atomic E-state index is -3.24. The van der Waals surface area contributed by atoms with E-state index in [0.717, 1.165) is 17.8 Å². The average Bonchev–Trinajstić information content (AvgIpc) is 3.13. The highest BCUT2D eigenvalue weighted by Gasteiger charge is 2.15. The Morgan fingerprint density at radius 1 is 1.11 bits per heavy atom. The largest absolute Gasteiger partial charge is 0.464 e. The zero-order valence-corrected chi connectivity index (χ0v) is 15.7. The number of fused-ring (bicyclic) bond motifs is 1. The normalized spacial score (nSPS) is 11.6. The van der Waals surface area contributed by atoms with Gasteiger partial charge in [-0.15, -0.1) is 0 Å². The zero-order valence-electron chi connectivity index (χ0n) is 14.9. The molecule has 0 fully saturated rings. The summed E-state index contributed by atoms with van der Waals surface area (Å²) in [5.41, 5.74) is 2.00. The summed E-state index contributed by atoms with van der Waals surface area (Å²) in [7, 11) is -3.24. The third kappa shape index (κ3) is 3.72. The van der Waals surface area contributed by atoms with Gasteiger partial charge < -0.3 is 9.73 Å². The number of benzene rings is 1. The van der Waals surface area contributed by atoms with E-state index in [1.165, 1.54) is 0 Å². The number of halogens is 1. The topological polar surface area (TPSA) is 85.1 Å². The first-order chi connectivity index (χ1) is 13.4. The molecule has 8 heteroatoms. The maximum atomic E-state index is 14.5. The molecule has 0 radical (unpaired) electrons. The number of furan rings is 1. The fraction of sp³-hybridized carbons (Fsp3) is 0.100. The molecule has 6 nitrogen and oxygen atoms in total. The molecule has 4 aromatic rings. The molecule has 0 atom stereocenters. The quantitative estimate of drug-likeness (QED) is 0.540. The van der Waals surface area contributed by atoms with Crippen LogP contribution in [0.25, 0.3) is 22.1 Å². The lowest BCUT2D eigenvalue weighted by Gasteiger charge is -2.11. The summed E-state index contributed by atoms with van der Waals surface area (Å²) in [5.74, 6) is 0.0394. The van der Waals surface area contributed by atoms with Crippen LogP contribution in [0.15, 0.2) is 65.5 Å². The predicted molar refractivity (Wildman–Crippen MR) is 105 cm³/mol. The summed E-state index contributed by atoms with van der Waals surface area (Å²) < 4.78 is 43.3. The zero-order chi connectivity index (χ0) is 19.7. The first kappa shape index (κ1) is 18.1. The van der Waals surface area contributed by atoms with E-state index in [9.17, 15) is 12.8 Å². The first-order valence-electron chi connectivity index (χ1n) is 8.41. The molecule has 0 spiro atoms. The van der Waals surface area contributed by atoms with Gasteiger partial charge in [0.25, 0.3) is 0 Å². The molecule has 0 amide bonds. The van der Waals surface area contributed by atoms with Crippen molar-refractivity contribution in [2.45, 2.75) is 5.75 Å². The van der Waals surface area contributed by atoms with Crippen molar-refractivity contribution in [3.63, 3.8) is 0 Å². The van der Waals surface area contributed by atoms with Gasteiger partial charge >= 0.3 is 0 Å². The molecule has 0 unspecified atom stereocenters. The van der Waals surface area contributed by atoms with Crippen molar-refractivity contribution in [1.29, 1.82) is 0 Å². The minimum Gasteiger partial charge on any atom is -0.464 e. The van der Waals surface area contributed by atoms with Gasteiger partial charge in [-0.25, -0.2) is 22.8 Å². The van der Waals surface area contributed by atoms with E-state index in [4.69, 9.17) is 4.42 Å². The number of sulfone groups is 1. The molecule has 1 N–H and O–H groups in total. The van der Waals surface area contributed by atoms with E-state index in [-0.39, 0.29) is 5.75 Å². The van der Waals surface area contributed by atoms with Crippen molar-refractivity contribution in [2.24, 2.45) is 0 Å². The Labute approximate surface area is 161 Å². The second-order valence-electron chi connectivity index (χ2n) is 6.40.